The summed E-state index contributed by atoms with van der Waals surface area (Å²) in [5.74, 6) is 3.56. The maximum Gasteiger partial charge on any atom is 0.194 e. The zero-order valence-electron chi connectivity index (χ0n) is 15.4. The number of nitrogens with one attached hydrogen (secondary N) is 1. The Balaban J connectivity index is 0.00000196. The highest BCUT2D eigenvalue weighted by Crippen LogP contribution is 2.41. The monoisotopic (exact) mass is 497 g/mol. The highest BCUT2D eigenvalue weighted by molar-refractivity contribution is 14.0. The molecule has 26 heavy (non-hydrogen) atoms. The Morgan fingerprint density at radius 2 is 2.00 bits per heavy atom. The zero-order chi connectivity index (χ0) is 17.3. The van der Waals surface area contributed by atoms with Crippen molar-refractivity contribution in [2.75, 3.05) is 44.3 Å². The quantitative estimate of drug-likeness (QED) is 0.357. The maximum atomic E-state index is 11.7. The van der Waals surface area contributed by atoms with Crippen LogP contribution in [0.25, 0.3) is 0 Å². The summed E-state index contributed by atoms with van der Waals surface area (Å²) < 4.78 is 29.1. The number of halogens is 1. The molecule has 4 rings (SSSR count). The molecule has 1 saturated carbocycles. The minimum absolute atomic E-state index is 0. The second-order valence-corrected chi connectivity index (χ2v) is 10.5. The first kappa shape index (κ1) is 20.6. The van der Waals surface area contributed by atoms with E-state index in [9.17, 15) is 8.42 Å². The number of aliphatic imine (C=N–C) groups is 1. The smallest absolute Gasteiger partial charge is 0.194 e. The van der Waals surface area contributed by atoms with Gasteiger partial charge in [-0.2, -0.15) is 0 Å². The van der Waals surface area contributed by atoms with Gasteiger partial charge in [-0.15, -0.1) is 24.0 Å². The van der Waals surface area contributed by atoms with Crippen LogP contribution in [0.3, 0.4) is 0 Å². The van der Waals surface area contributed by atoms with Gasteiger partial charge in [-0.25, -0.2) is 8.42 Å². The lowest BCUT2D eigenvalue weighted by molar-refractivity contribution is 0.113. The molecule has 4 fully saturated rings. The average Bonchev–Trinajstić information content (AvgIpc) is 3.00. The van der Waals surface area contributed by atoms with Gasteiger partial charge in [0.2, 0.25) is 0 Å². The molecule has 0 spiro atoms. The van der Waals surface area contributed by atoms with E-state index < -0.39 is 9.84 Å². The minimum atomic E-state index is -2.82. The number of rotatable bonds is 5. The molecule has 6 nitrogen and oxygen atoms in total. The number of hydrogen-bond donors (Lipinski definition) is 1. The molecular weight excluding hydrogens is 465 g/mol. The van der Waals surface area contributed by atoms with Crippen LogP contribution >= 0.6 is 24.0 Å². The second-order valence-electron chi connectivity index (χ2n) is 8.28. The lowest BCUT2D eigenvalue weighted by Crippen LogP contribution is -2.43. The number of sulfone groups is 1. The summed E-state index contributed by atoms with van der Waals surface area (Å²) in [5.41, 5.74) is 0. The molecule has 3 heterocycles. The van der Waals surface area contributed by atoms with Crippen LogP contribution in [0.5, 0.6) is 0 Å². The predicted octanol–water partition coefficient (Wildman–Crippen LogP) is 1.90. The van der Waals surface area contributed by atoms with Crippen molar-refractivity contribution in [3.8, 4) is 0 Å². The SMILES string of the molecule is I.O=S1(=O)CCC(CN=C(NCC2CCCO2)N2CCC(C3CC3)C2)C1. The Kier molecular flexibility index (Phi) is 7.10. The summed E-state index contributed by atoms with van der Waals surface area (Å²) >= 11 is 0. The summed E-state index contributed by atoms with van der Waals surface area (Å²) in [4.78, 5) is 7.23. The van der Waals surface area contributed by atoms with Gasteiger partial charge in [-0.1, -0.05) is 0 Å². The Labute approximate surface area is 174 Å². The van der Waals surface area contributed by atoms with E-state index in [0.717, 1.165) is 63.3 Å². The van der Waals surface area contributed by atoms with Crippen molar-refractivity contribution in [1.29, 1.82) is 0 Å². The fourth-order valence-electron chi connectivity index (χ4n) is 4.44. The summed E-state index contributed by atoms with van der Waals surface area (Å²) in [6.45, 7) is 4.47. The molecule has 0 amide bonds. The van der Waals surface area contributed by atoms with Crippen LogP contribution < -0.4 is 5.32 Å². The molecule has 1 aliphatic carbocycles. The van der Waals surface area contributed by atoms with E-state index in [1.807, 2.05) is 0 Å². The molecule has 0 aromatic carbocycles. The van der Waals surface area contributed by atoms with Gasteiger partial charge in [0.1, 0.15) is 0 Å². The van der Waals surface area contributed by atoms with Gasteiger partial charge >= 0.3 is 0 Å². The maximum absolute atomic E-state index is 11.7. The highest BCUT2D eigenvalue weighted by Gasteiger charge is 2.37. The minimum Gasteiger partial charge on any atom is -0.376 e. The Hall–Kier alpha value is -0.0900. The molecule has 8 heteroatoms. The standard InChI is InChI=1S/C18H31N3O3S.HI/c22-25(23)9-6-14(13-25)10-19-18(20-11-17-2-1-8-24-17)21-7-5-16(12-21)15-3-4-15;/h14-17H,1-13H2,(H,19,20);1H. The average molecular weight is 497 g/mol. The van der Waals surface area contributed by atoms with E-state index in [4.69, 9.17) is 9.73 Å². The van der Waals surface area contributed by atoms with Gasteiger partial charge in [0.15, 0.2) is 15.8 Å². The van der Waals surface area contributed by atoms with Crippen LogP contribution in [0, 0.1) is 17.8 Å². The summed E-state index contributed by atoms with van der Waals surface area (Å²) in [6, 6.07) is 0. The molecule has 4 aliphatic rings. The Morgan fingerprint density at radius 1 is 1.15 bits per heavy atom. The number of ether oxygens (including phenoxy) is 1. The van der Waals surface area contributed by atoms with Gasteiger partial charge in [-0.05, 0) is 56.3 Å². The first-order valence-electron chi connectivity index (χ1n) is 9.94. The van der Waals surface area contributed by atoms with Crippen LogP contribution in [0.4, 0.5) is 0 Å². The third-order valence-corrected chi connectivity index (χ3v) is 7.99. The highest BCUT2D eigenvalue weighted by atomic mass is 127. The predicted molar refractivity (Wildman–Crippen MR) is 114 cm³/mol. The van der Waals surface area contributed by atoms with Crippen molar-refractivity contribution >= 4 is 39.8 Å². The van der Waals surface area contributed by atoms with Crippen LogP contribution in [0.1, 0.15) is 38.5 Å². The Morgan fingerprint density at radius 3 is 2.65 bits per heavy atom. The van der Waals surface area contributed by atoms with E-state index >= 15 is 0 Å². The van der Waals surface area contributed by atoms with Gasteiger partial charge in [-0.3, -0.25) is 4.99 Å². The fraction of sp³-hybridized carbons (Fsp3) is 0.944. The number of guanidine groups is 1. The Bertz CT molecular complexity index is 603. The largest absolute Gasteiger partial charge is 0.376 e. The normalized spacial score (nSPS) is 34.1. The van der Waals surface area contributed by atoms with Crippen molar-refractivity contribution in [3.05, 3.63) is 0 Å². The van der Waals surface area contributed by atoms with E-state index in [-0.39, 0.29) is 29.9 Å². The van der Waals surface area contributed by atoms with Crippen molar-refractivity contribution in [1.82, 2.24) is 10.2 Å². The molecule has 3 saturated heterocycles. The van der Waals surface area contributed by atoms with Crippen LogP contribution in [0.2, 0.25) is 0 Å². The van der Waals surface area contributed by atoms with E-state index in [1.165, 1.54) is 19.3 Å². The molecule has 0 aromatic heterocycles. The third-order valence-electron chi connectivity index (χ3n) is 6.15. The van der Waals surface area contributed by atoms with E-state index in [0.29, 0.717) is 24.2 Å². The van der Waals surface area contributed by atoms with Crippen molar-refractivity contribution < 1.29 is 13.2 Å². The van der Waals surface area contributed by atoms with Gasteiger partial charge in [0.05, 0.1) is 17.6 Å². The second kappa shape index (κ2) is 8.94. The molecule has 3 atom stereocenters. The van der Waals surface area contributed by atoms with Crippen LogP contribution in [0.15, 0.2) is 4.99 Å². The molecular formula is C18H32IN3O3S. The van der Waals surface area contributed by atoms with Crippen molar-refractivity contribution in [3.63, 3.8) is 0 Å². The van der Waals surface area contributed by atoms with E-state index in [2.05, 4.69) is 10.2 Å². The molecule has 3 unspecified atom stereocenters. The number of nitrogens with zero attached hydrogens (tertiary/aromatic N) is 2. The third kappa shape index (κ3) is 5.47. The van der Waals surface area contributed by atoms with Crippen LogP contribution in [-0.2, 0) is 14.6 Å². The molecule has 0 bridgehead atoms. The zero-order valence-corrected chi connectivity index (χ0v) is 18.6. The van der Waals surface area contributed by atoms with Gasteiger partial charge < -0.3 is 15.0 Å². The van der Waals surface area contributed by atoms with E-state index in [1.54, 1.807) is 0 Å². The molecule has 0 aromatic rings. The van der Waals surface area contributed by atoms with Crippen molar-refractivity contribution in [2.24, 2.45) is 22.7 Å². The first-order chi connectivity index (χ1) is 12.1. The number of likely N-dealkylation sites (tertiary alicyclic amines) is 1. The fourth-order valence-corrected chi connectivity index (χ4v) is 6.29. The molecule has 0 radical (unpaired) electrons. The first-order valence-corrected chi connectivity index (χ1v) is 11.8. The molecule has 150 valence electrons. The molecule has 1 N–H and O–H groups in total. The van der Waals surface area contributed by atoms with Gasteiger partial charge in [0, 0.05) is 32.8 Å². The number of hydrogen-bond acceptors (Lipinski definition) is 4. The molecule has 3 aliphatic heterocycles. The topological polar surface area (TPSA) is 71.0 Å². The summed E-state index contributed by atoms with van der Waals surface area (Å²) in [5, 5.41) is 3.53. The lowest BCUT2D eigenvalue weighted by atomic mass is 10.0. The summed E-state index contributed by atoms with van der Waals surface area (Å²) in [6.07, 6.45) is 7.37. The lowest BCUT2D eigenvalue weighted by Gasteiger charge is -2.24. The van der Waals surface area contributed by atoms with Crippen molar-refractivity contribution in [2.45, 2.75) is 44.6 Å². The summed E-state index contributed by atoms with van der Waals surface area (Å²) in [7, 11) is -2.82. The van der Waals surface area contributed by atoms with Gasteiger partial charge in [0.25, 0.3) is 0 Å². The van der Waals surface area contributed by atoms with Crippen LogP contribution in [-0.4, -0.2) is 69.7 Å².